The second kappa shape index (κ2) is 11.4. The van der Waals surface area contributed by atoms with E-state index < -0.39 is 0 Å². The summed E-state index contributed by atoms with van der Waals surface area (Å²) in [5.41, 5.74) is 0. The topological polar surface area (TPSA) is 20.3 Å². The van der Waals surface area contributed by atoms with E-state index in [1.807, 2.05) is 0 Å². The van der Waals surface area contributed by atoms with Crippen LogP contribution in [0.15, 0.2) is 0 Å². The van der Waals surface area contributed by atoms with Crippen LogP contribution in [-0.2, 0) is 4.79 Å². The van der Waals surface area contributed by atoms with Crippen LogP contribution in [0.4, 0.5) is 0 Å². The van der Waals surface area contributed by atoms with Crippen LogP contribution in [0, 0.1) is 0 Å². The van der Waals surface area contributed by atoms with Gasteiger partial charge in [-0.25, -0.2) is 0 Å². The number of carbonyl (C=O) groups excluding carboxylic acids is 1. The Hall–Kier alpha value is 0.647. The van der Waals surface area contributed by atoms with Crippen LogP contribution < -0.4 is 31.3 Å². The van der Waals surface area contributed by atoms with E-state index >= 15 is 0 Å². The fourth-order valence-corrected chi connectivity index (χ4v) is 0. The Balaban J connectivity index is -0.0000000417. The number of nitrogens with zero attached hydrogens (tertiary/aromatic N) is 1. The third-order valence-corrected chi connectivity index (χ3v) is 0.630. The SMILES string of the molecule is CC(=O)N(C)C.Cl.[Cl-].[Li+]. The number of hydrogen-bond acceptors (Lipinski definition) is 1. The molecule has 1 amide bonds. The average Bonchev–Trinajstić information content (AvgIpc) is 1.36. The minimum atomic E-state index is 0. The van der Waals surface area contributed by atoms with Gasteiger partial charge in [-0.2, -0.15) is 0 Å². The fourth-order valence-electron chi connectivity index (χ4n) is 0. The molecule has 52 valence electrons. The van der Waals surface area contributed by atoms with Gasteiger partial charge >= 0.3 is 18.9 Å². The quantitative estimate of drug-likeness (QED) is 0.329. The number of hydrogen-bond donors (Lipinski definition) is 0. The molecule has 0 aliphatic carbocycles. The van der Waals surface area contributed by atoms with Crippen molar-refractivity contribution in [3.05, 3.63) is 0 Å². The Morgan fingerprint density at radius 2 is 1.44 bits per heavy atom. The molecular formula is C4H10Cl2LiNO. The van der Waals surface area contributed by atoms with Gasteiger partial charge in [0.1, 0.15) is 0 Å². The first kappa shape index (κ1) is 22.6. The number of rotatable bonds is 0. The Labute approximate surface area is 80.4 Å². The predicted octanol–water partition coefficient (Wildman–Crippen LogP) is -5.48. The third kappa shape index (κ3) is 17.7. The van der Waals surface area contributed by atoms with E-state index in [9.17, 15) is 4.79 Å². The van der Waals surface area contributed by atoms with Gasteiger partial charge in [0.15, 0.2) is 0 Å². The van der Waals surface area contributed by atoms with E-state index in [2.05, 4.69) is 0 Å². The van der Waals surface area contributed by atoms with Gasteiger partial charge in [0.2, 0.25) is 5.91 Å². The molecule has 0 bridgehead atoms. The molecule has 2 nitrogen and oxygen atoms in total. The molecule has 0 saturated carbocycles. The van der Waals surface area contributed by atoms with Crippen molar-refractivity contribution in [1.82, 2.24) is 4.90 Å². The van der Waals surface area contributed by atoms with Crippen LogP contribution in [0.5, 0.6) is 0 Å². The second-order valence-corrected chi connectivity index (χ2v) is 1.41. The van der Waals surface area contributed by atoms with Gasteiger partial charge in [-0.1, -0.05) is 0 Å². The maximum atomic E-state index is 10.1. The summed E-state index contributed by atoms with van der Waals surface area (Å²) in [5.74, 6) is 0.0926. The zero-order valence-electron chi connectivity index (χ0n) is 6.14. The summed E-state index contributed by atoms with van der Waals surface area (Å²) in [5, 5.41) is 0. The molecule has 9 heavy (non-hydrogen) atoms. The molecule has 0 atom stereocenters. The van der Waals surface area contributed by atoms with Crippen molar-refractivity contribution < 1.29 is 36.1 Å². The number of amides is 1. The van der Waals surface area contributed by atoms with Crippen molar-refractivity contribution in [2.75, 3.05) is 14.1 Å². The molecule has 0 saturated heterocycles. The molecule has 5 heteroatoms. The van der Waals surface area contributed by atoms with Crippen LogP contribution in [-0.4, -0.2) is 24.9 Å². The van der Waals surface area contributed by atoms with Gasteiger partial charge in [0.25, 0.3) is 0 Å². The molecule has 0 aliphatic heterocycles. The first-order valence-corrected chi connectivity index (χ1v) is 1.82. The molecule has 0 aromatic carbocycles. The molecule has 0 rings (SSSR count). The molecular weight excluding hydrogens is 156 g/mol. The standard InChI is InChI=1S/C4H9NO.2ClH.Li/c1-4(6)5(2)3;;;/h1-3H3;2*1H;/q;;;+1/p-1. The molecule has 0 aliphatic rings. The largest absolute Gasteiger partial charge is 1.00 e. The summed E-state index contributed by atoms with van der Waals surface area (Å²) in [7, 11) is 3.45. The van der Waals surface area contributed by atoms with Crippen molar-refractivity contribution in [3.63, 3.8) is 0 Å². The van der Waals surface area contributed by atoms with Crippen LogP contribution in [0.3, 0.4) is 0 Å². The van der Waals surface area contributed by atoms with Gasteiger partial charge in [0, 0.05) is 21.0 Å². The van der Waals surface area contributed by atoms with Gasteiger partial charge in [-0.15, -0.1) is 12.4 Å². The van der Waals surface area contributed by atoms with Gasteiger partial charge < -0.3 is 17.3 Å². The minimum Gasteiger partial charge on any atom is -1.00 e. The fraction of sp³-hybridized carbons (Fsp3) is 0.750. The average molecular weight is 166 g/mol. The van der Waals surface area contributed by atoms with Crippen LogP contribution in [0.2, 0.25) is 0 Å². The van der Waals surface area contributed by atoms with Crippen molar-refractivity contribution in [2.45, 2.75) is 6.92 Å². The maximum Gasteiger partial charge on any atom is 1.00 e. The Morgan fingerprint density at radius 1 is 1.33 bits per heavy atom. The minimum absolute atomic E-state index is 0. The zero-order valence-corrected chi connectivity index (χ0v) is 7.71. The van der Waals surface area contributed by atoms with Gasteiger partial charge in [-0.05, 0) is 0 Å². The third-order valence-electron chi connectivity index (χ3n) is 0.630. The van der Waals surface area contributed by atoms with E-state index in [0.717, 1.165) is 0 Å². The Bertz CT molecular complexity index is 69.6. The molecule has 0 aromatic rings. The van der Waals surface area contributed by atoms with Crippen LogP contribution in [0.1, 0.15) is 6.92 Å². The Morgan fingerprint density at radius 3 is 1.44 bits per heavy atom. The summed E-state index contributed by atoms with van der Waals surface area (Å²) >= 11 is 0. The normalized spacial score (nSPS) is 5.22. The maximum absolute atomic E-state index is 10.1. The first-order valence-electron chi connectivity index (χ1n) is 1.82. The Kier molecular flexibility index (Phi) is 28.8. The molecule has 0 unspecified atom stereocenters. The molecule has 0 heterocycles. The first-order chi connectivity index (χ1) is 2.64. The summed E-state index contributed by atoms with van der Waals surface area (Å²) < 4.78 is 0. The van der Waals surface area contributed by atoms with E-state index in [1.165, 1.54) is 11.8 Å². The molecule has 0 aromatic heterocycles. The second-order valence-electron chi connectivity index (χ2n) is 1.41. The van der Waals surface area contributed by atoms with Crippen LogP contribution >= 0.6 is 12.4 Å². The smallest absolute Gasteiger partial charge is 1.00 e. The molecule has 0 spiro atoms. The van der Waals surface area contributed by atoms with Crippen molar-refractivity contribution in [3.8, 4) is 0 Å². The number of halogens is 2. The molecule has 0 radical (unpaired) electrons. The van der Waals surface area contributed by atoms with E-state index in [0.29, 0.717) is 0 Å². The summed E-state index contributed by atoms with van der Waals surface area (Å²) in [4.78, 5) is 11.6. The van der Waals surface area contributed by atoms with Crippen molar-refractivity contribution >= 4 is 18.3 Å². The van der Waals surface area contributed by atoms with Gasteiger partial charge in [0.05, 0.1) is 0 Å². The zero-order chi connectivity index (χ0) is 5.15. The monoisotopic (exact) mass is 165 g/mol. The number of carbonyl (C=O) groups is 1. The summed E-state index contributed by atoms with van der Waals surface area (Å²) in [6, 6.07) is 0. The molecule has 0 fully saturated rings. The van der Waals surface area contributed by atoms with E-state index in [4.69, 9.17) is 0 Å². The van der Waals surface area contributed by atoms with E-state index in [-0.39, 0.29) is 49.6 Å². The molecule has 0 N–H and O–H groups in total. The van der Waals surface area contributed by atoms with Crippen molar-refractivity contribution in [1.29, 1.82) is 0 Å². The predicted molar refractivity (Wildman–Crippen MR) is 31.6 cm³/mol. The van der Waals surface area contributed by atoms with Crippen LogP contribution in [0.25, 0.3) is 0 Å². The van der Waals surface area contributed by atoms with Gasteiger partial charge in [-0.3, -0.25) is 4.79 Å². The summed E-state index contributed by atoms with van der Waals surface area (Å²) in [6.45, 7) is 1.53. The van der Waals surface area contributed by atoms with E-state index in [1.54, 1.807) is 14.1 Å². The van der Waals surface area contributed by atoms with Crippen molar-refractivity contribution in [2.24, 2.45) is 0 Å². The summed E-state index contributed by atoms with van der Waals surface area (Å²) in [6.07, 6.45) is 0.